The summed E-state index contributed by atoms with van der Waals surface area (Å²) in [6.07, 6.45) is -0.300. The molecule has 1 aromatic heterocycles. The van der Waals surface area contributed by atoms with Crippen molar-refractivity contribution in [1.29, 1.82) is 0 Å². The second-order valence-electron chi connectivity index (χ2n) is 4.47. The molecular weight excluding hydrogens is 288 g/mol. The molecule has 2 heterocycles. The fourth-order valence-corrected chi connectivity index (χ4v) is 2.71. The standard InChI is InChI=1S/C10H12N4O5S/c1-6-2-3-8(14(16)17)10(12-6)13-5-7(4-9(13)15)20(11,18)19/h2-3,7H,4-5H2,1H3,(H2,11,18,19). The Morgan fingerprint density at radius 1 is 1.50 bits per heavy atom. The first-order valence-electron chi connectivity index (χ1n) is 5.64. The van der Waals surface area contributed by atoms with Gasteiger partial charge in [0.15, 0.2) is 0 Å². The van der Waals surface area contributed by atoms with E-state index in [0.29, 0.717) is 5.69 Å². The van der Waals surface area contributed by atoms with E-state index in [1.54, 1.807) is 6.92 Å². The number of carbonyl (C=O) groups excluding carboxylic acids is 1. The van der Waals surface area contributed by atoms with Crippen LogP contribution in [-0.4, -0.2) is 36.0 Å². The van der Waals surface area contributed by atoms with Gasteiger partial charge in [-0.15, -0.1) is 0 Å². The first-order chi connectivity index (χ1) is 9.20. The number of anilines is 1. The summed E-state index contributed by atoms with van der Waals surface area (Å²) in [4.78, 5) is 27.1. The van der Waals surface area contributed by atoms with Crippen LogP contribution in [0, 0.1) is 17.0 Å². The van der Waals surface area contributed by atoms with Crippen molar-refractivity contribution in [3.63, 3.8) is 0 Å². The summed E-state index contributed by atoms with van der Waals surface area (Å²) >= 11 is 0. The molecule has 0 aliphatic carbocycles. The molecule has 2 N–H and O–H groups in total. The molecule has 1 aliphatic heterocycles. The monoisotopic (exact) mass is 300 g/mol. The van der Waals surface area contributed by atoms with Gasteiger partial charge in [0.05, 0.1) is 4.92 Å². The van der Waals surface area contributed by atoms with Gasteiger partial charge in [-0.1, -0.05) is 0 Å². The normalized spacial score (nSPS) is 19.4. The summed E-state index contributed by atoms with van der Waals surface area (Å²) in [6.45, 7) is 1.39. The van der Waals surface area contributed by atoms with Crippen molar-refractivity contribution < 1.29 is 18.1 Å². The van der Waals surface area contributed by atoms with Gasteiger partial charge in [-0.2, -0.15) is 0 Å². The average molecular weight is 300 g/mol. The van der Waals surface area contributed by atoms with Crippen molar-refractivity contribution in [2.75, 3.05) is 11.4 Å². The Morgan fingerprint density at radius 2 is 2.15 bits per heavy atom. The molecule has 0 aromatic carbocycles. The highest BCUT2D eigenvalue weighted by molar-refractivity contribution is 7.89. The van der Waals surface area contributed by atoms with E-state index < -0.39 is 26.1 Å². The fourth-order valence-electron chi connectivity index (χ4n) is 1.98. The lowest BCUT2D eigenvalue weighted by atomic mass is 10.3. The summed E-state index contributed by atoms with van der Waals surface area (Å²) in [5.74, 6) is -0.698. The van der Waals surface area contributed by atoms with E-state index >= 15 is 0 Å². The number of nitrogens with zero attached hydrogens (tertiary/aromatic N) is 3. The van der Waals surface area contributed by atoms with Gasteiger partial charge in [-0.25, -0.2) is 18.5 Å². The summed E-state index contributed by atoms with van der Waals surface area (Å²) in [6, 6.07) is 2.68. The van der Waals surface area contributed by atoms with E-state index in [2.05, 4.69) is 4.98 Å². The number of rotatable bonds is 3. The lowest BCUT2D eigenvalue weighted by molar-refractivity contribution is -0.384. The maximum atomic E-state index is 11.9. The Morgan fingerprint density at radius 3 is 2.65 bits per heavy atom. The highest BCUT2D eigenvalue weighted by atomic mass is 32.2. The molecule has 0 spiro atoms. The molecule has 108 valence electrons. The van der Waals surface area contributed by atoms with Gasteiger partial charge in [-0.3, -0.25) is 19.8 Å². The highest BCUT2D eigenvalue weighted by Gasteiger charge is 2.40. The zero-order valence-electron chi connectivity index (χ0n) is 10.5. The number of hydrogen-bond donors (Lipinski definition) is 1. The molecule has 1 unspecified atom stereocenters. The molecule has 1 atom stereocenters. The van der Waals surface area contributed by atoms with Crippen molar-refractivity contribution in [3.8, 4) is 0 Å². The number of aryl methyl sites for hydroxylation is 1. The molecule has 1 aliphatic rings. The van der Waals surface area contributed by atoms with Crippen LogP contribution in [0.15, 0.2) is 12.1 Å². The average Bonchev–Trinajstić information content (AvgIpc) is 2.70. The quantitative estimate of drug-likeness (QED) is 0.600. The number of nitrogens with two attached hydrogens (primary N) is 1. The van der Waals surface area contributed by atoms with Gasteiger partial charge < -0.3 is 0 Å². The molecule has 1 aromatic rings. The number of aromatic nitrogens is 1. The van der Waals surface area contributed by atoms with Crippen LogP contribution in [0.25, 0.3) is 0 Å². The van der Waals surface area contributed by atoms with E-state index in [1.165, 1.54) is 12.1 Å². The van der Waals surface area contributed by atoms with Crippen molar-refractivity contribution in [1.82, 2.24) is 4.98 Å². The Kier molecular flexibility index (Phi) is 3.44. The van der Waals surface area contributed by atoms with Crippen LogP contribution in [0.2, 0.25) is 0 Å². The SMILES string of the molecule is Cc1ccc([N+](=O)[O-])c(N2CC(S(N)(=O)=O)CC2=O)n1. The van der Waals surface area contributed by atoms with Crippen LogP contribution in [0.5, 0.6) is 0 Å². The minimum atomic E-state index is -3.88. The summed E-state index contributed by atoms with van der Waals surface area (Å²) in [5.41, 5.74) is 0.136. The Hall–Kier alpha value is -2.07. The third kappa shape index (κ3) is 2.60. The zero-order chi connectivity index (χ0) is 15.1. The number of carbonyl (C=O) groups is 1. The zero-order valence-corrected chi connectivity index (χ0v) is 11.3. The van der Waals surface area contributed by atoms with Crippen molar-refractivity contribution >= 4 is 27.4 Å². The van der Waals surface area contributed by atoms with E-state index in [0.717, 1.165) is 4.90 Å². The number of primary sulfonamides is 1. The largest absolute Gasteiger partial charge is 0.312 e. The van der Waals surface area contributed by atoms with Crippen LogP contribution in [0.1, 0.15) is 12.1 Å². The molecule has 1 amide bonds. The van der Waals surface area contributed by atoms with Crippen LogP contribution in [0.4, 0.5) is 11.5 Å². The van der Waals surface area contributed by atoms with Gasteiger partial charge in [0.25, 0.3) is 0 Å². The summed E-state index contributed by atoms with van der Waals surface area (Å²) < 4.78 is 22.6. The molecule has 20 heavy (non-hydrogen) atoms. The smallest absolute Gasteiger partial charge is 0.290 e. The van der Waals surface area contributed by atoms with Crippen molar-refractivity contribution in [3.05, 3.63) is 27.9 Å². The van der Waals surface area contributed by atoms with E-state index in [9.17, 15) is 23.3 Å². The molecule has 0 saturated carbocycles. The third-order valence-corrected chi connectivity index (χ3v) is 4.25. The second kappa shape index (κ2) is 4.80. The van der Waals surface area contributed by atoms with E-state index in [1.807, 2.05) is 0 Å². The number of nitro groups is 1. The highest BCUT2D eigenvalue weighted by Crippen LogP contribution is 2.30. The predicted molar refractivity (Wildman–Crippen MR) is 69.5 cm³/mol. The lowest BCUT2D eigenvalue weighted by Gasteiger charge is -2.15. The summed E-state index contributed by atoms with van der Waals surface area (Å²) in [5, 5.41) is 14.9. The fraction of sp³-hybridized carbons (Fsp3) is 0.400. The molecule has 10 heteroatoms. The van der Waals surface area contributed by atoms with Crippen LogP contribution < -0.4 is 10.0 Å². The molecule has 1 saturated heterocycles. The summed E-state index contributed by atoms with van der Waals surface area (Å²) in [7, 11) is -3.88. The number of sulfonamides is 1. The topological polar surface area (TPSA) is 136 Å². The van der Waals surface area contributed by atoms with Crippen molar-refractivity contribution in [2.24, 2.45) is 5.14 Å². The van der Waals surface area contributed by atoms with Gasteiger partial charge in [-0.05, 0) is 13.0 Å². The first kappa shape index (κ1) is 14.3. The van der Waals surface area contributed by atoms with E-state index in [-0.39, 0.29) is 24.5 Å². The Labute approximate surface area is 114 Å². The maximum absolute atomic E-state index is 11.9. The number of pyridine rings is 1. The lowest BCUT2D eigenvalue weighted by Crippen LogP contribution is -2.32. The van der Waals surface area contributed by atoms with Crippen LogP contribution >= 0.6 is 0 Å². The molecule has 2 rings (SSSR count). The van der Waals surface area contributed by atoms with E-state index in [4.69, 9.17) is 5.14 Å². The van der Waals surface area contributed by atoms with Gasteiger partial charge in [0.2, 0.25) is 21.7 Å². The molecule has 1 fully saturated rings. The van der Waals surface area contributed by atoms with Crippen LogP contribution in [-0.2, 0) is 14.8 Å². The van der Waals surface area contributed by atoms with Crippen molar-refractivity contribution in [2.45, 2.75) is 18.6 Å². The molecule has 0 bridgehead atoms. The third-order valence-electron chi connectivity index (χ3n) is 3.00. The van der Waals surface area contributed by atoms with Gasteiger partial charge in [0.1, 0.15) is 5.25 Å². The molecule has 9 nitrogen and oxygen atoms in total. The van der Waals surface area contributed by atoms with Crippen LogP contribution in [0.3, 0.4) is 0 Å². The number of amides is 1. The molecular formula is C10H12N4O5S. The molecule has 0 radical (unpaired) electrons. The number of hydrogen-bond acceptors (Lipinski definition) is 6. The predicted octanol–water partition coefficient (Wildman–Crippen LogP) is -0.308. The Balaban J connectivity index is 2.45. The minimum absolute atomic E-state index is 0.147. The maximum Gasteiger partial charge on any atom is 0.312 e. The van der Waals surface area contributed by atoms with Gasteiger partial charge in [0, 0.05) is 24.7 Å². The minimum Gasteiger partial charge on any atom is -0.290 e. The van der Waals surface area contributed by atoms with Gasteiger partial charge >= 0.3 is 5.69 Å². The first-order valence-corrected chi connectivity index (χ1v) is 7.25. The Bertz CT molecular complexity index is 687. The second-order valence-corrected chi connectivity index (χ2v) is 6.32.